The van der Waals surface area contributed by atoms with Gasteiger partial charge in [0.25, 0.3) is 0 Å². The van der Waals surface area contributed by atoms with Crippen LogP contribution in [0.5, 0.6) is 0 Å². The van der Waals surface area contributed by atoms with Crippen molar-refractivity contribution >= 4 is 11.7 Å². The van der Waals surface area contributed by atoms with Crippen LogP contribution in [0.15, 0.2) is 52.6 Å². The standard InChI is InChI=1S/C20H25N3O2/c1-15-14-18(23-25-15)22-20(24)19(17-10-6-3-7-11-17)21-13-12-16-8-4-2-5-9-16/h3,6-8,10-11,14,19,21H,2,4-5,9,12-13H2,1H3,(H,22,23,24). The second-order valence-corrected chi connectivity index (χ2v) is 6.47. The number of aryl methyl sites for hydroxylation is 1. The fourth-order valence-corrected chi connectivity index (χ4v) is 3.14. The van der Waals surface area contributed by atoms with Gasteiger partial charge in [0.1, 0.15) is 11.8 Å². The van der Waals surface area contributed by atoms with Gasteiger partial charge in [0, 0.05) is 6.07 Å². The third-order valence-corrected chi connectivity index (χ3v) is 4.45. The van der Waals surface area contributed by atoms with Crippen molar-refractivity contribution in [3.8, 4) is 0 Å². The van der Waals surface area contributed by atoms with Gasteiger partial charge in [-0.2, -0.15) is 0 Å². The van der Waals surface area contributed by atoms with Crippen molar-refractivity contribution in [3.63, 3.8) is 0 Å². The van der Waals surface area contributed by atoms with Crippen molar-refractivity contribution in [2.75, 3.05) is 11.9 Å². The monoisotopic (exact) mass is 339 g/mol. The molecule has 0 bridgehead atoms. The van der Waals surface area contributed by atoms with E-state index in [1.165, 1.54) is 31.3 Å². The van der Waals surface area contributed by atoms with E-state index in [0.29, 0.717) is 11.6 Å². The average Bonchev–Trinajstić information content (AvgIpc) is 3.05. The quantitative estimate of drug-likeness (QED) is 0.744. The normalized spacial score (nSPS) is 15.5. The molecule has 25 heavy (non-hydrogen) atoms. The first-order valence-electron chi connectivity index (χ1n) is 8.93. The number of nitrogens with zero attached hydrogens (tertiary/aromatic N) is 1. The molecule has 0 fully saturated rings. The molecular formula is C20H25N3O2. The number of benzene rings is 1. The molecule has 0 aliphatic heterocycles. The molecule has 0 saturated carbocycles. The van der Waals surface area contributed by atoms with E-state index in [1.807, 2.05) is 30.3 Å². The Kier molecular flexibility index (Phi) is 6.01. The van der Waals surface area contributed by atoms with Crippen LogP contribution in [-0.4, -0.2) is 17.6 Å². The van der Waals surface area contributed by atoms with E-state index in [4.69, 9.17) is 4.52 Å². The van der Waals surface area contributed by atoms with Crippen LogP contribution in [0.25, 0.3) is 0 Å². The number of rotatable bonds is 7. The minimum absolute atomic E-state index is 0.128. The van der Waals surface area contributed by atoms with Gasteiger partial charge in [-0.05, 0) is 51.1 Å². The maximum Gasteiger partial charge on any atom is 0.247 e. The van der Waals surface area contributed by atoms with Crippen molar-refractivity contribution in [2.24, 2.45) is 0 Å². The summed E-state index contributed by atoms with van der Waals surface area (Å²) >= 11 is 0. The van der Waals surface area contributed by atoms with Crippen LogP contribution in [0.4, 0.5) is 5.82 Å². The summed E-state index contributed by atoms with van der Waals surface area (Å²) in [6, 6.07) is 11.1. The van der Waals surface area contributed by atoms with E-state index in [2.05, 4.69) is 21.9 Å². The Morgan fingerprint density at radius 2 is 2.12 bits per heavy atom. The van der Waals surface area contributed by atoms with Gasteiger partial charge in [0.05, 0.1) is 0 Å². The summed E-state index contributed by atoms with van der Waals surface area (Å²) in [7, 11) is 0. The highest BCUT2D eigenvalue weighted by Gasteiger charge is 2.21. The predicted octanol–water partition coefficient (Wildman–Crippen LogP) is 4.14. The summed E-state index contributed by atoms with van der Waals surface area (Å²) in [4.78, 5) is 12.7. The molecule has 1 atom stereocenters. The number of aromatic nitrogens is 1. The van der Waals surface area contributed by atoms with Gasteiger partial charge in [0.2, 0.25) is 5.91 Å². The Labute approximate surface area is 148 Å². The molecular weight excluding hydrogens is 314 g/mol. The molecule has 3 rings (SSSR count). The summed E-state index contributed by atoms with van der Waals surface area (Å²) in [6.45, 7) is 2.57. The average molecular weight is 339 g/mol. The van der Waals surface area contributed by atoms with Crippen LogP contribution >= 0.6 is 0 Å². The number of carbonyl (C=O) groups excluding carboxylic acids is 1. The Balaban J connectivity index is 1.64. The molecule has 1 aliphatic carbocycles. The third kappa shape index (κ3) is 5.03. The van der Waals surface area contributed by atoms with E-state index < -0.39 is 6.04 Å². The van der Waals surface area contributed by atoms with Crippen LogP contribution in [0.2, 0.25) is 0 Å². The smallest absolute Gasteiger partial charge is 0.247 e. The second-order valence-electron chi connectivity index (χ2n) is 6.47. The molecule has 5 nitrogen and oxygen atoms in total. The molecule has 1 heterocycles. The van der Waals surface area contributed by atoms with Gasteiger partial charge < -0.3 is 15.2 Å². The lowest BCUT2D eigenvalue weighted by molar-refractivity contribution is -0.118. The molecule has 1 aliphatic rings. The fourth-order valence-electron chi connectivity index (χ4n) is 3.14. The van der Waals surface area contributed by atoms with Crippen molar-refractivity contribution in [3.05, 3.63) is 59.4 Å². The van der Waals surface area contributed by atoms with Crippen molar-refractivity contribution in [1.82, 2.24) is 10.5 Å². The lowest BCUT2D eigenvalue weighted by atomic mass is 9.97. The van der Waals surface area contributed by atoms with Crippen LogP contribution in [0.1, 0.15) is 49.5 Å². The molecule has 2 N–H and O–H groups in total. The van der Waals surface area contributed by atoms with Crippen molar-refractivity contribution in [2.45, 2.75) is 45.1 Å². The van der Waals surface area contributed by atoms with Gasteiger partial charge in [0.15, 0.2) is 5.82 Å². The third-order valence-electron chi connectivity index (χ3n) is 4.45. The van der Waals surface area contributed by atoms with Gasteiger partial charge in [-0.15, -0.1) is 0 Å². The second kappa shape index (κ2) is 8.62. The zero-order valence-corrected chi connectivity index (χ0v) is 14.6. The lowest BCUT2D eigenvalue weighted by Gasteiger charge is -2.19. The van der Waals surface area contributed by atoms with Gasteiger partial charge in [-0.3, -0.25) is 4.79 Å². The summed E-state index contributed by atoms with van der Waals surface area (Å²) in [5.41, 5.74) is 2.44. The number of anilines is 1. The molecule has 2 aromatic rings. The first kappa shape index (κ1) is 17.4. The lowest BCUT2D eigenvalue weighted by Crippen LogP contribution is -2.34. The maximum atomic E-state index is 12.7. The highest BCUT2D eigenvalue weighted by molar-refractivity contribution is 5.94. The number of nitrogens with one attached hydrogen (secondary N) is 2. The van der Waals surface area contributed by atoms with Crippen molar-refractivity contribution in [1.29, 1.82) is 0 Å². The zero-order valence-electron chi connectivity index (χ0n) is 14.6. The number of allylic oxidation sites excluding steroid dienone is 1. The summed E-state index contributed by atoms with van der Waals surface area (Å²) < 4.78 is 5.02. The first-order chi connectivity index (χ1) is 12.2. The number of amides is 1. The largest absolute Gasteiger partial charge is 0.360 e. The minimum atomic E-state index is -0.414. The summed E-state index contributed by atoms with van der Waals surface area (Å²) in [6.07, 6.45) is 8.27. The molecule has 1 aromatic carbocycles. The predicted molar refractivity (Wildman–Crippen MR) is 98.2 cm³/mol. The Bertz CT molecular complexity index is 722. The van der Waals surface area contributed by atoms with Gasteiger partial charge >= 0.3 is 0 Å². The Morgan fingerprint density at radius 1 is 1.28 bits per heavy atom. The maximum absolute atomic E-state index is 12.7. The van der Waals surface area contributed by atoms with E-state index in [9.17, 15) is 4.79 Å². The van der Waals surface area contributed by atoms with Gasteiger partial charge in [-0.1, -0.05) is 47.1 Å². The molecule has 1 unspecified atom stereocenters. The SMILES string of the molecule is Cc1cc(NC(=O)C(NCCC2=CCCCC2)c2ccccc2)no1. The number of hydrogen-bond donors (Lipinski definition) is 2. The number of hydrogen-bond acceptors (Lipinski definition) is 4. The molecule has 0 radical (unpaired) electrons. The van der Waals surface area contributed by atoms with E-state index in [-0.39, 0.29) is 5.91 Å². The zero-order chi connectivity index (χ0) is 17.5. The van der Waals surface area contributed by atoms with E-state index >= 15 is 0 Å². The van der Waals surface area contributed by atoms with Crippen LogP contribution in [0, 0.1) is 6.92 Å². The Morgan fingerprint density at radius 3 is 2.80 bits per heavy atom. The highest BCUT2D eigenvalue weighted by Crippen LogP contribution is 2.21. The topological polar surface area (TPSA) is 67.2 Å². The Hall–Kier alpha value is -2.40. The summed E-state index contributed by atoms with van der Waals surface area (Å²) in [5, 5.41) is 10.1. The molecule has 0 spiro atoms. The summed E-state index contributed by atoms with van der Waals surface area (Å²) in [5.74, 6) is 0.987. The molecule has 1 aromatic heterocycles. The fraction of sp³-hybridized carbons (Fsp3) is 0.400. The van der Waals surface area contributed by atoms with Gasteiger partial charge in [-0.25, -0.2) is 0 Å². The van der Waals surface area contributed by atoms with E-state index in [0.717, 1.165) is 18.5 Å². The molecule has 5 heteroatoms. The molecule has 132 valence electrons. The minimum Gasteiger partial charge on any atom is -0.360 e. The number of carbonyl (C=O) groups is 1. The first-order valence-corrected chi connectivity index (χ1v) is 8.93. The highest BCUT2D eigenvalue weighted by atomic mass is 16.5. The van der Waals surface area contributed by atoms with Crippen LogP contribution < -0.4 is 10.6 Å². The van der Waals surface area contributed by atoms with Crippen LogP contribution in [0.3, 0.4) is 0 Å². The molecule has 0 saturated heterocycles. The molecule has 1 amide bonds. The van der Waals surface area contributed by atoms with Crippen LogP contribution in [-0.2, 0) is 4.79 Å². The van der Waals surface area contributed by atoms with E-state index in [1.54, 1.807) is 13.0 Å². The van der Waals surface area contributed by atoms with Crippen molar-refractivity contribution < 1.29 is 9.32 Å².